The predicted octanol–water partition coefficient (Wildman–Crippen LogP) is 3.91. The molecule has 176 valence electrons. The average Bonchev–Trinajstić information content (AvgIpc) is 2.73. The van der Waals surface area contributed by atoms with E-state index in [0.29, 0.717) is 18.0 Å². The lowest BCUT2D eigenvalue weighted by Gasteiger charge is -2.36. The van der Waals surface area contributed by atoms with E-state index in [0.717, 1.165) is 37.6 Å². The number of aryl methyl sites for hydroxylation is 2. The zero-order chi connectivity index (χ0) is 22.4. The molecular formula is C24H34IN3O3S. The standard InChI is InChI=1S/C24H33N3O3S.HI/c1-5-25-24(26-13-12-20-7-9-21(10-8-20)31(4,28)29)27-14-15-30-23(17-27)22-11-6-18(2)16-19(22)3;/h6-11,16,23H,5,12-15,17H2,1-4H3,(H,25,26);1H. The van der Waals surface area contributed by atoms with Crippen LogP contribution in [0.2, 0.25) is 0 Å². The topological polar surface area (TPSA) is 71.0 Å². The fourth-order valence-electron chi connectivity index (χ4n) is 3.84. The van der Waals surface area contributed by atoms with Gasteiger partial charge in [-0.25, -0.2) is 8.42 Å². The minimum Gasteiger partial charge on any atom is -0.370 e. The van der Waals surface area contributed by atoms with E-state index < -0.39 is 9.84 Å². The molecule has 3 rings (SSSR count). The van der Waals surface area contributed by atoms with Crippen LogP contribution >= 0.6 is 24.0 Å². The Morgan fingerprint density at radius 2 is 1.91 bits per heavy atom. The summed E-state index contributed by atoms with van der Waals surface area (Å²) in [6, 6.07) is 13.6. The van der Waals surface area contributed by atoms with Crippen molar-refractivity contribution in [2.24, 2.45) is 4.99 Å². The van der Waals surface area contributed by atoms with Crippen LogP contribution in [0.3, 0.4) is 0 Å². The Morgan fingerprint density at radius 3 is 2.53 bits per heavy atom. The number of nitrogens with one attached hydrogen (secondary N) is 1. The Kier molecular flexibility index (Phi) is 9.97. The molecular weight excluding hydrogens is 537 g/mol. The summed E-state index contributed by atoms with van der Waals surface area (Å²) in [7, 11) is -3.17. The molecule has 0 saturated carbocycles. The van der Waals surface area contributed by atoms with Crippen molar-refractivity contribution in [1.82, 2.24) is 10.2 Å². The van der Waals surface area contributed by atoms with Crippen molar-refractivity contribution >= 4 is 39.8 Å². The molecule has 1 aliphatic rings. The molecule has 2 aromatic rings. The lowest BCUT2D eigenvalue weighted by molar-refractivity contribution is -0.00833. The zero-order valence-electron chi connectivity index (χ0n) is 19.3. The third kappa shape index (κ3) is 7.18. The van der Waals surface area contributed by atoms with Crippen LogP contribution in [0.5, 0.6) is 0 Å². The molecule has 1 saturated heterocycles. The Morgan fingerprint density at radius 1 is 1.19 bits per heavy atom. The number of benzene rings is 2. The first-order chi connectivity index (χ1) is 14.8. The highest BCUT2D eigenvalue weighted by Crippen LogP contribution is 2.26. The second kappa shape index (κ2) is 12.0. The van der Waals surface area contributed by atoms with Crippen LogP contribution in [0.15, 0.2) is 52.4 Å². The molecule has 8 heteroatoms. The molecule has 0 aliphatic carbocycles. The fraction of sp³-hybridized carbons (Fsp3) is 0.458. The number of sulfone groups is 1. The molecule has 0 aromatic heterocycles. The fourth-order valence-corrected chi connectivity index (χ4v) is 4.47. The predicted molar refractivity (Wildman–Crippen MR) is 141 cm³/mol. The number of rotatable bonds is 6. The summed E-state index contributed by atoms with van der Waals surface area (Å²) in [5.74, 6) is 0.897. The Hall–Kier alpha value is -1.65. The van der Waals surface area contributed by atoms with Gasteiger partial charge >= 0.3 is 0 Å². The van der Waals surface area contributed by atoms with Crippen LogP contribution in [0, 0.1) is 13.8 Å². The molecule has 1 heterocycles. The molecule has 1 unspecified atom stereocenters. The molecule has 2 aromatic carbocycles. The number of halogens is 1. The molecule has 0 spiro atoms. The largest absolute Gasteiger partial charge is 0.370 e. The van der Waals surface area contributed by atoms with Crippen LogP contribution in [-0.2, 0) is 21.0 Å². The highest BCUT2D eigenvalue weighted by Gasteiger charge is 2.25. The number of hydrogen-bond acceptors (Lipinski definition) is 4. The lowest BCUT2D eigenvalue weighted by atomic mass is 10.00. The van der Waals surface area contributed by atoms with Gasteiger partial charge in [-0.2, -0.15) is 0 Å². The summed E-state index contributed by atoms with van der Waals surface area (Å²) >= 11 is 0. The molecule has 1 aliphatic heterocycles. The molecule has 32 heavy (non-hydrogen) atoms. The minimum atomic E-state index is -3.17. The number of morpholine rings is 1. The normalized spacial score (nSPS) is 17.1. The number of ether oxygens (including phenoxy) is 1. The van der Waals surface area contributed by atoms with Crippen LogP contribution < -0.4 is 5.32 Å². The van der Waals surface area contributed by atoms with E-state index in [1.807, 2.05) is 12.1 Å². The van der Waals surface area contributed by atoms with Gasteiger partial charge < -0.3 is 15.0 Å². The van der Waals surface area contributed by atoms with E-state index in [4.69, 9.17) is 9.73 Å². The van der Waals surface area contributed by atoms with Crippen LogP contribution in [0.1, 0.15) is 35.3 Å². The van der Waals surface area contributed by atoms with Gasteiger partial charge in [-0.15, -0.1) is 24.0 Å². The first kappa shape index (κ1) is 26.6. The molecule has 0 bridgehead atoms. The summed E-state index contributed by atoms with van der Waals surface area (Å²) in [4.78, 5) is 7.44. The number of guanidine groups is 1. The van der Waals surface area contributed by atoms with Gasteiger partial charge in [0.15, 0.2) is 15.8 Å². The van der Waals surface area contributed by atoms with Crippen molar-refractivity contribution in [3.05, 3.63) is 64.7 Å². The third-order valence-corrected chi connectivity index (χ3v) is 6.62. The van der Waals surface area contributed by atoms with Crippen molar-refractivity contribution in [2.45, 2.75) is 38.2 Å². The smallest absolute Gasteiger partial charge is 0.194 e. The maximum absolute atomic E-state index is 11.6. The highest BCUT2D eigenvalue weighted by atomic mass is 127. The quantitative estimate of drug-likeness (QED) is 0.324. The molecule has 0 radical (unpaired) electrons. The average molecular weight is 572 g/mol. The van der Waals surface area contributed by atoms with E-state index in [-0.39, 0.29) is 30.1 Å². The first-order valence-electron chi connectivity index (χ1n) is 10.8. The second-order valence-electron chi connectivity index (χ2n) is 8.07. The highest BCUT2D eigenvalue weighted by molar-refractivity contribution is 14.0. The maximum atomic E-state index is 11.6. The van der Waals surface area contributed by atoms with Crippen molar-refractivity contribution in [1.29, 1.82) is 0 Å². The van der Waals surface area contributed by atoms with Gasteiger partial charge in [-0.05, 0) is 56.0 Å². The van der Waals surface area contributed by atoms with Crippen molar-refractivity contribution < 1.29 is 13.2 Å². The second-order valence-corrected chi connectivity index (χ2v) is 10.1. The van der Waals surface area contributed by atoms with E-state index in [1.54, 1.807) is 12.1 Å². The lowest BCUT2D eigenvalue weighted by Crippen LogP contribution is -2.48. The Balaban J connectivity index is 0.00000363. The van der Waals surface area contributed by atoms with Crippen molar-refractivity contribution in [3.8, 4) is 0 Å². The van der Waals surface area contributed by atoms with Gasteiger partial charge in [0.1, 0.15) is 6.10 Å². The van der Waals surface area contributed by atoms with Crippen LogP contribution in [0.4, 0.5) is 0 Å². The summed E-state index contributed by atoms with van der Waals surface area (Å²) in [6.07, 6.45) is 2.01. The van der Waals surface area contributed by atoms with Crippen LogP contribution in [-0.4, -0.2) is 58.3 Å². The third-order valence-electron chi connectivity index (χ3n) is 5.49. The number of nitrogens with zero attached hydrogens (tertiary/aromatic N) is 2. The van der Waals surface area contributed by atoms with E-state index >= 15 is 0 Å². The Bertz CT molecular complexity index is 1020. The first-order valence-corrected chi connectivity index (χ1v) is 12.7. The van der Waals surface area contributed by atoms with Gasteiger partial charge in [0.25, 0.3) is 0 Å². The number of aliphatic imine (C=N–C) groups is 1. The van der Waals surface area contributed by atoms with E-state index in [2.05, 4.69) is 49.2 Å². The van der Waals surface area contributed by atoms with E-state index in [1.165, 1.54) is 22.9 Å². The summed E-state index contributed by atoms with van der Waals surface area (Å²) in [6.45, 7) is 9.97. The SMILES string of the molecule is CCNC(=NCCc1ccc(S(C)(=O)=O)cc1)N1CCOC(c2ccc(C)cc2C)C1.I. The molecule has 1 fully saturated rings. The molecule has 1 N–H and O–H groups in total. The molecule has 0 amide bonds. The monoisotopic (exact) mass is 571 g/mol. The van der Waals surface area contributed by atoms with Crippen LogP contribution in [0.25, 0.3) is 0 Å². The maximum Gasteiger partial charge on any atom is 0.194 e. The number of hydrogen-bond donors (Lipinski definition) is 1. The molecule has 6 nitrogen and oxygen atoms in total. The summed E-state index contributed by atoms with van der Waals surface area (Å²) < 4.78 is 29.3. The Labute approximate surface area is 209 Å². The van der Waals surface area contributed by atoms with Crippen molar-refractivity contribution in [2.75, 3.05) is 39.0 Å². The molecule has 1 atom stereocenters. The van der Waals surface area contributed by atoms with Gasteiger partial charge in [-0.3, -0.25) is 4.99 Å². The van der Waals surface area contributed by atoms with Gasteiger partial charge in [-0.1, -0.05) is 35.9 Å². The summed E-state index contributed by atoms with van der Waals surface area (Å²) in [5, 5.41) is 3.40. The van der Waals surface area contributed by atoms with Gasteiger partial charge in [0.05, 0.1) is 18.0 Å². The zero-order valence-corrected chi connectivity index (χ0v) is 22.4. The van der Waals surface area contributed by atoms with Gasteiger partial charge in [0, 0.05) is 25.9 Å². The van der Waals surface area contributed by atoms with E-state index in [9.17, 15) is 8.42 Å². The van der Waals surface area contributed by atoms with Crippen molar-refractivity contribution in [3.63, 3.8) is 0 Å². The van der Waals surface area contributed by atoms with Gasteiger partial charge in [0.2, 0.25) is 0 Å². The minimum absolute atomic E-state index is 0. The summed E-state index contributed by atoms with van der Waals surface area (Å²) in [5.41, 5.74) is 4.82.